The summed E-state index contributed by atoms with van der Waals surface area (Å²) in [6, 6.07) is 4.73. The zero-order valence-corrected chi connectivity index (χ0v) is 11.0. The monoisotopic (exact) mass is 288 g/mol. The molecule has 1 aliphatic heterocycles. The average Bonchev–Trinajstić information content (AvgIpc) is 2.45. The zero-order chi connectivity index (χ0) is 14.6. The van der Waals surface area contributed by atoms with Gasteiger partial charge >= 0.3 is 6.18 Å². The van der Waals surface area contributed by atoms with Crippen LogP contribution < -0.4 is 14.8 Å². The van der Waals surface area contributed by atoms with Gasteiger partial charge in [-0.2, -0.15) is 13.2 Å². The fraction of sp³-hybridized carbons (Fsp3) is 0.462. The predicted molar refractivity (Wildman–Crippen MR) is 68.6 cm³/mol. The lowest BCUT2D eigenvalue weighted by atomic mass is 10.1. The van der Waals surface area contributed by atoms with Crippen LogP contribution in [0.4, 0.5) is 13.2 Å². The molecule has 0 spiro atoms. The second-order valence-electron chi connectivity index (χ2n) is 4.28. The SMILES string of the molecule is COc1cc(C2=NCCCN2)ccc1OCC(F)(F)F. The van der Waals surface area contributed by atoms with Gasteiger partial charge in [-0.3, -0.25) is 4.99 Å². The molecule has 0 atom stereocenters. The number of aliphatic imine (C=N–C) groups is 1. The number of hydrogen-bond acceptors (Lipinski definition) is 4. The number of methoxy groups -OCH3 is 1. The van der Waals surface area contributed by atoms with E-state index < -0.39 is 12.8 Å². The largest absolute Gasteiger partial charge is 0.493 e. The van der Waals surface area contributed by atoms with Crippen molar-refractivity contribution in [3.8, 4) is 11.5 Å². The third-order valence-electron chi connectivity index (χ3n) is 2.73. The van der Waals surface area contributed by atoms with Gasteiger partial charge in [-0.15, -0.1) is 0 Å². The van der Waals surface area contributed by atoms with Gasteiger partial charge in [0.2, 0.25) is 0 Å². The summed E-state index contributed by atoms with van der Waals surface area (Å²) in [6.45, 7) is 0.215. The van der Waals surface area contributed by atoms with Crippen molar-refractivity contribution in [2.75, 3.05) is 26.8 Å². The van der Waals surface area contributed by atoms with Crippen LogP contribution in [0.3, 0.4) is 0 Å². The quantitative estimate of drug-likeness (QED) is 0.925. The summed E-state index contributed by atoms with van der Waals surface area (Å²) in [7, 11) is 1.38. The predicted octanol–water partition coefficient (Wildman–Crippen LogP) is 2.38. The van der Waals surface area contributed by atoms with Gasteiger partial charge in [0.25, 0.3) is 0 Å². The van der Waals surface area contributed by atoms with Crippen LogP contribution in [0.15, 0.2) is 23.2 Å². The van der Waals surface area contributed by atoms with Gasteiger partial charge < -0.3 is 14.8 Å². The number of benzene rings is 1. The third kappa shape index (κ3) is 3.79. The van der Waals surface area contributed by atoms with E-state index in [0.717, 1.165) is 30.9 Å². The van der Waals surface area contributed by atoms with Crippen LogP contribution in [0.5, 0.6) is 11.5 Å². The third-order valence-corrected chi connectivity index (χ3v) is 2.73. The maximum atomic E-state index is 12.2. The molecule has 1 aliphatic rings. The molecule has 1 aromatic rings. The minimum atomic E-state index is -4.38. The first-order chi connectivity index (χ1) is 9.49. The van der Waals surface area contributed by atoms with Crippen molar-refractivity contribution >= 4 is 5.84 Å². The minimum absolute atomic E-state index is 0.0602. The Morgan fingerprint density at radius 1 is 1.30 bits per heavy atom. The summed E-state index contributed by atoms with van der Waals surface area (Å²) in [5.74, 6) is 1.03. The summed E-state index contributed by atoms with van der Waals surface area (Å²) >= 11 is 0. The smallest absolute Gasteiger partial charge is 0.422 e. The molecule has 1 N–H and O–H groups in total. The average molecular weight is 288 g/mol. The van der Waals surface area contributed by atoms with E-state index in [2.05, 4.69) is 10.3 Å². The van der Waals surface area contributed by atoms with Crippen molar-refractivity contribution < 1.29 is 22.6 Å². The highest BCUT2D eigenvalue weighted by molar-refractivity contribution is 5.99. The molecule has 0 saturated heterocycles. The molecule has 0 saturated carbocycles. The minimum Gasteiger partial charge on any atom is -0.493 e. The molecule has 0 aliphatic carbocycles. The molecule has 0 unspecified atom stereocenters. The first-order valence-electron chi connectivity index (χ1n) is 6.16. The van der Waals surface area contributed by atoms with Gasteiger partial charge in [-0.1, -0.05) is 0 Å². The molecule has 110 valence electrons. The Balaban J connectivity index is 2.17. The number of hydrogen-bond donors (Lipinski definition) is 1. The summed E-state index contributed by atoms with van der Waals surface area (Å²) in [5, 5.41) is 3.14. The van der Waals surface area contributed by atoms with Crippen LogP contribution in [0, 0.1) is 0 Å². The van der Waals surface area contributed by atoms with Gasteiger partial charge in [0.15, 0.2) is 18.1 Å². The lowest BCUT2D eigenvalue weighted by Crippen LogP contribution is -2.30. The van der Waals surface area contributed by atoms with Gasteiger partial charge in [0.1, 0.15) is 5.84 Å². The molecule has 1 aromatic carbocycles. The zero-order valence-electron chi connectivity index (χ0n) is 11.0. The van der Waals surface area contributed by atoms with Crippen LogP contribution in [0.2, 0.25) is 0 Å². The molecule has 2 rings (SSSR count). The second kappa shape index (κ2) is 6.02. The van der Waals surface area contributed by atoms with Crippen LogP contribution in [-0.2, 0) is 0 Å². The summed E-state index contributed by atoms with van der Waals surface area (Å²) in [5.41, 5.74) is 0.765. The second-order valence-corrected chi connectivity index (χ2v) is 4.28. The number of ether oxygens (including phenoxy) is 2. The van der Waals surface area contributed by atoms with Crippen LogP contribution in [0.25, 0.3) is 0 Å². The molecule has 4 nitrogen and oxygen atoms in total. The molecular weight excluding hydrogens is 273 g/mol. The van der Waals surface area contributed by atoms with Crippen LogP contribution >= 0.6 is 0 Å². The summed E-state index contributed by atoms with van der Waals surface area (Å²) < 4.78 is 46.2. The molecule has 0 aromatic heterocycles. The first-order valence-corrected chi connectivity index (χ1v) is 6.16. The number of halogens is 3. The first kappa shape index (κ1) is 14.5. The maximum Gasteiger partial charge on any atom is 0.422 e. The van der Waals surface area contributed by atoms with Gasteiger partial charge in [-0.05, 0) is 24.6 Å². The van der Waals surface area contributed by atoms with Crippen molar-refractivity contribution in [2.24, 2.45) is 4.99 Å². The molecule has 1 heterocycles. The molecule has 0 fully saturated rings. The molecule has 0 amide bonds. The maximum absolute atomic E-state index is 12.2. The number of nitrogens with one attached hydrogen (secondary N) is 1. The van der Waals surface area contributed by atoms with E-state index in [-0.39, 0.29) is 11.5 Å². The van der Waals surface area contributed by atoms with E-state index in [9.17, 15) is 13.2 Å². The Morgan fingerprint density at radius 3 is 2.70 bits per heavy atom. The highest BCUT2D eigenvalue weighted by atomic mass is 19.4. The highest BCUT2D eigenvalue weighted by Gasteiger charge is 2.29. The fourth-order valence-electron chi connectivity index (χ4n) is 1.82. The lowest BCUT2D eigenvalue weighted by Gasteiger charge is -2.17. The summed E-state index contributed by atoms with van der Waals surface area (Å²) in [4.78, 5) is 4.32. The Kier molecular flexibility index (Phi) is 4.36. The van der Waals surface area contributed by atoms with Crippen molar-refractivity contribution in [2.45, 2.75) is 12.6 Å². The van der Waals surface area contributed by atoms with Crippen LogP contribution in [0.1, 0.15) is 12.0 Å². The van der Waals surface area contributed by atoms with E-state index in [0.29, 0.717) is 0 Å². The Hall–Kier alpha value is -1.92. The number of amidine groups is 1. The normalized spacial score (nSPS) is 15.3. The van der Waals surface area contributed by atoms with Gasteiger partial charge in [-0.25, -0.2) is 0 Å². The van der Waals surface area contributed by atoms with Crippen molar-refractivity contribution in [1.29, 1.82) is 0 Å². The number of nitrogens with zero attached hydrogens (tertiary/aromatic N) is 1. The molecule has 0 bridgehead atoms. The topological polar surface area (TPSA) is 42.8 Å². The highest BCUT2D eigenvalue weighted by Crippen LogP contribution is 2.30. The molecule has 7 heteroatoms. The number of rotatable bonds is 4. The summed E-state index contributed by atoms with van der Waals surface area (Å²) in [6.07, 6.45) is -3.41. The van der Waals surface area contributed by atoms with Crippen molar-refractivity contribution in [3.63, 3.8) is 0 Å². The van der Waals surface area contributed by atoms with Crippen molar-refractivity contribution in [1.82, 2.24) is 5.32 Å². The molecule has 20 heavy (non-hydrogen) atoms. The number of alkyl halides is 3. The van der Waals surface area contributed by atoms with Crippen molar-refractivity contribution in [3.05, 3.63) is 23.8 Å². The Labute approximate surface area is 114 Å². The van der Waals surface area contributed by atoms with E-state index in [1.165, 1.54) is 13.2 Å². The van der Waals surface area contributed by atoms with Gasteiger partial charge in [0.05, 0.1) is 7.11 Å². The van der Waals surface area contributed by atoms with Gasteiger partial charge in [0, 0.05) is 18.7 Å². The Morgan fingerprint density at radius 2 is 2.10 bits per heavy atom. The van der Waals surface area contributed by atoms with Crippen LogP contribution in [-0.4, -0.2) is 38.8 Å². The van der Waals surface area contributed by atoms with E-state index in [1.54, 1.807) is 12.1 Å². The standard InChI is InChI=1S/C13H15F3N2O2/c1-19-11-7-9(12-17-5-2-6-18-12)3-4-10(11)20-8-13(14,15)16/h3-4,7H,2,5-6,8H2,1H3,(H,17,18). The Bertz CT molecular complexity index is 501. The van der Waals surface area contributed by atoms with E-state index in [4.69, 9.17) is 9.47 Å². The lowest BCUT2D eigenvalue weighted by molar-refractivity contribution is -0.153. The van der Waals surface area contributed by atoms with E-state index >= 15 is 0 Å². The molecule has 0 radical (unpaired) electrons. The molecular formula is C13H15F3N2O2. The fourth-order valence-corrected chi connectivity index (χ4v) is 1.82. The van der Waals surface area contributed by atoms with E-state index in [1.807, 2.05) is 0 Å².